The van der Waals surface area contributed by atoms with Gasteiger partial charge in [0.15, 0.2) is 0 Å². The van der Waals surface area contributed by atoms with E-state index in [1.807, 2.05) is 0 Å². The van der Waals surface area contributed by atoms with E-state index in [1.165, 1.54) is 44.2 Å². The first-order chi connectivity index (χ1) is 8.96. The predicted octanol–water partition coefficient (Wildman–Crippen LogP) is 4.22. The fourth-order valence-corrected chi connectivity index (χ4v) is 3.65. The molecule has 0 aromatic carbocycles. The molecule has 2 aliphatic rings. The molecule has 2 fully saturated rings. The number of nitrogen functional groups attached to an aromatic ring is 1. The number of anilines is 1. The van der Waals surface area contributed by atoms with Gasteiger partial charge in [0.2, 0.25) is 0 Å². The minimum absolute atomic E-state index is 0.491. The fourth-order valence-electron chi connectivity index (χ4n) is 2.97. The summed E-state index contributed by atoms with van der Waals surface area (Å²) in [7, 11) is 0. The van der Waals surface area contributed by atoms with E-state index in [4.69, 9.17) is 10.7 Å². The SMILES string of the molecule is CC1(C)CCC(c2nc(N)c(I)c(C3CC3)n2)CC1. The van der Waals surface area contributed by atoms with Crippen LogP contribution in [0.2, 0.25) is 0 Å². The van der Waals surface area contributed by atoms with Crippen LogP contribution in [0.4, 0.5) is 5.82 Å². The molecule has 1 heterocycles. The summed E-state index contributed by atoms with van der Waals surface area (Å²) in [6.07, 6.45) is 7.48. The molecule has 2 aliphatic carbocycles. The van der Waals surface area contributed by atoms with Crippen LogP contribution in [0, 0.1) is 8.99 Å². The molecule has 0 spiro atoms. The van der Waals surface area contributed by atoms with E-state index in [2.05, 4.69) is 41.4 Å². The molecule has 3 rings (SSSR count). The van der Waals surface area contributed by atoms with E-state index >= 15 is 0 Å². The van der Waals surface area contributed by atoms with Crippen LogP contribution in [-0.2, 0) is 0 Å². The lowest BCUT2D eigenvalue weighted by Gasteiger charge is -2.33. The van der Waals surface area contributed by atoms with Crippen molar-refractivity contribution in [2.45, 2.75) is 64.2 Å². The second kappa shape index (κ2) is 4.86. The number of hydrogen-bond donors (Lipinski definition) is 1. The maximum absolute atomic E-state index is 6.09. The Morgan fingerprint density at radius 3 is 2.26 bits per heavy atom. The molecule has 3 nitrogen and oxygen atoms in total. The van der Waals surface area contributed by atoms with Gasteiger partial charge in [-0.25, -0.2) is 9.97 Å². The van der Waals surface area contributed by atoms with Gasteiger partial charge in [0.05, 0.1) is 9.26 Å². The molecular weight excluding hydrogens is 349 g/mol. The monoisotopic (exact) mass is 371 g/mol. The first-order valence-corrected chi connectivity index (χ1v) is 8.37. The highest BCUT2D eigenvalue weighted by Gasteiger charge is 2.32. The molecule has 0 unspecified atom stereocenters. The number of hydrogen-bond acceptors (Lipinski definition) is 3. The molecule has 4 heteroatoms. The molecule has 0 radical (unpaired) electrons. The summed E-state index contributed by atoms with van der Waals surface area (Å²) in [5.41, 5.74) is 7.79. The first-order valence-electron chi connectivity index (χ1n) is 7.29. The zero-order chi connectivity index (χ0) is 13.6. The number of nitrogens with zero attached hydrogens (tertiary/aromatic N) is 2. The first kappa shape index (κ1) is 13.6. The quantitative estimate of drug-likeness (QED) is 0.792. The summed E-state index contributed by atoms with van der Waals surface area (Å²) in [6, 6.07) is 0. The normalized spacial score (nSPS) is 23.5. The maximum Gasteiger partial charge on any atom is 0.140 e. The Kier molecular flexibility index (Phi) is 3.48. The number of aromatic nitrogens is 2. The van der Waals surface area contributed by atoms with E-state index < -0.39 is 0 Å². The molecule has 1 aromatic heterocycles. The van der Waals surface area contributed by atoms with Gasteiger partial charge < -0.3 is 5.73 Å². The van der Waals surface area contributed by atoms with E-state index in [-0.39, 0.29) is 0 Å². The Hall–Kier alpha value is -0.390. The molecule has 0 saturated heterocycles. The average molecular weight is 371 g/mol. The van der Waals surface area contributed by atoms with Crippen LogP contribution in [0.15, 0.2) is 0 Å². The van der Waals surface area contributed by atoms with Crippen LogP contribution >= 0.6 is 22.6 Å². The van der Waals surface area contributed by atoms with Gasteiger partial charge in [0, 0.05) is 11.8 Å². The lowest BCUT2D eigenvalue weighted by atomic mass is 9.73. The molecule has 1 aromatic rings. The molecule has 0 atom stereocenters. The van der Waals surface area contributed by atoms with Crippen molar-refractivity contribution in [2.75, 3.05) is 5.73 Å². The van der Waals surface area contributed by atoms with Gasteiger partial charge >= 0.3 is 0 Å². The van der Waals surface area contributed by atoms with Gasteiger partial charge in [-0.1, -0.05) is 13.8 Å². The van der Waals surface area contributed by atoms with Gasteiger partial charge in [-0.15, -0.1) is 0 Å². The predicted molar refractivity (Wildman–Crippen MR) is 86.1 cm³/mol. The number of nitrogens with two attached hydrogens (primary N) is 1. The molecule has 2 N–H and O–H groups in total. The van der Waals surface area contributed by atoms with Crippen molar-refractivity contribution in [2.24, 2.45) is 5.41 Å². The summed E-state index contributed by atoms with van der Waals surface area (Å²) in [5.74, 6) is 2.87. The molecule has 0 bridgehead atoms. The highest BCUT2D eigenvalue weighted by molar-refractivity contribution is 14.1. The second-order valence-corrected chi connectivity index (χ2v) is 7.96. The summed E-state index contributed by atoms with van der Waals surface area (Å²) in [6.45, 7) is 4.73. The van der Waals surface area contributed by atoms with Gasteiger partial charge in [-0.2, -0.15) is 0 Å². The Morgan fingerprint density at radius 1 is 1.05 bits per heavy atom. The van der Waals surface area contributed by atoms with Crippen molar-refractivity contribution in [1.29, 1.82) is 0 Å². The van der Waals surface area contributed by atoms with Crippen molar-refractivity contribution in [1.82, 2.24) is 9.97 Å². The number of halogens is 1. The van der Waals surface area contributed by atoms with Crippen LogP contribution in [0.1, 0.15) is 75.7 Å². The van der Waals surface area contributed by atoms with Crippen molar-refractivity contribution < 1.29 is 0 Å². The topological polar surface area (TPSA) is 51.8 Å². The fraction of sp³-hybridized carbons (Fsp3) is 0.733. The third-order valence-corrected chi connectivity index (χ3v) is 5.69. The average Bonchev–Trinajstić information content (AvgIpc) is 3.17. The standard InChI is InChI=1S/C15H22IN3/c1-15(2)7-5-10(6-8-15)14-18-12(9-3-4-9)11(16)13(17)19-14/h9-10H,3-8H2,1-2H3,(H2,17,18,19). The van der Waals surface area contributed by atoms with E-state index in [1.54, 1.807) is 0 Å². The molecule has 0 amide bonds. The van der Waals surface area contributed by atoms with Crippen molar-refractivity contribution >= 4 is 28.4 Å². The van der Waals surface area contributed by atoms with Crippen molar-refractivity contribution in [3.05, 3.63) is 15.1 Å². The molecule has 0 aliphatic heterocycles. The Balaban J connectivity index is 1.85. The summed E-state index contributed by atoms with van der Waals surface area (Å²) in [5, 5.41) is 0. The van der Waals surface area contributed by atoms with E-state index in [0.717, 1.165) is 9.39 Å². The molecule has 2 saturated carbocycles. The Bertz CT molecular complexity index is 484. The lowest BCUT2D eigenvalue weighted by Crippen LogP contribution is -2.22. The minimum atomic E-state index is 0.491. The van der Waals surface area contributed by atoms with Crippen LogP contribution in [-0.4, -0.2) is 9.97 Å². The summed E-state index contributed by atoms with van der Waals surface area (Å²) >= 11 is 2.30. The molecular formula is C15H22IN3. The highest BCUT2D eigenvalue weighted by atomic mass is 127. The van der Waals surface area contributed by atoms with Crippen LogP contribution in [0.5, 0.6) is 0 Å². The smallest absolute Gasteiger partial charge is 0.140 e. The van der Waals surface area contributed by atoms with Gasteiger partial charge in [0.25, 0.3) is 0 Å². The van der Waals surface area contributed by atoms with Crippen molar-refractivity contribution in [3.63, 3.8) is 0 Å². The van der Waals surface area contributed by atoms with Crippen LogP contribution in [0.3, 0.4) is 0 Å². The lowest BCUT2D eigenvalue weighted by molar-refractivity contribution is 0.220. The Morgan fingerprint density at radius 2 is 1.68 bits per heavy atom. The van der Waals surface area contributed by atoms with Gasteiger partial charge in [-0.3, -0.25) is 0 Å². The second-order valence-electron chi connectivity index (χ2n) is 6.88. The van der Waals surface area contributed by atoms with Gasteiger partial charge in [0.1, 0.15) is 11.6 Å². The number of rotatable bonds is 2. The maximum atomic E-state index is 6.09. The largest absolute Gasteiger partial charge is 0.383 e. The summed E-state index contributed by atoms with van der Waals surface area (Å²) in [4.78, 5) is 9.44. The Labute approximate surface area is 128 Å². The van der Waals surface area contributed by atoms with Crippen molar-refractivity contribution in [3.8, 4) is 0 Å². The minimum Gasteiger partial charge on any atom is -0.383 e. The molecule has 104 valence electrons. The van der Waals surface area contributed by atoms with E-state index in [0.29, 0.717) is 23.1 Å². The van der Waals surface area contributed by atoms with E-state index in [9.17, 15) is 0 Å². The highest BCUT2D eigenvalue weighted by Crippen LogP contribution is 2.45. The third kappa shape index (κ3) is 2.88. The molecule has 19 heavy (non-hydrogen) atoms. The van der Waals surface area contributed by atoms with Crippen LogP contribution in [0.25, 0.3) is 0 Å². The zero-order valence-electron chi connectivity index (χ0n) is 11.7. The third-order valence-electron chi connectivity index (χ3n) is 4.59. The van der Waals surface area contributed by atoms with Gasteiger partial charge in [-0.05, 0) is 66.5 Å². The summed E-state index contributed by atoms with van der Waals surface area (Å²) < 4.78 is 1.08. The van der Waals surface area contributed by atoms with Crippen LogP contribution < -0.4 is 5.73 Å². The zero-order valence-corrected chi connectivity index (χ0v) is 13.9.